The summed E-state index contributed by atoms with van der Waals surface area (Å²) >= 11 is 6.73. The maximum atomic E-state index is 17.1. The Morgan fingerprint density at radius 3 is 2.49 bits per heavy atom. The highest BCUT2D eigenvalue weighted by Gasteiger charge is 2.46. The summed E-state index contributed by atoms with van der Waals surface area (Å²) in [7, 11) is 1.97. The van der Waals surface area contributed by atoms with Gasteiger partial charge in [-0.1, -0.05) is 25.1 Å². The first-order chi connectivity index (χ1) is 36.2. The van der Waals surface area contributed by atoms with Crippen LogP contribution in [-0.4, -0.2) is 128 Å². The minimum atomic E-state index is -4.92. The van der Waals surface area contributed by atoms with Crippen LogP contribution in [0.4, 0.5) is 29.2 Å². The Morgan fingerprint density at radius 1 is 1.00 bits per heavy atom. The van der Waals surface area contributed by atoms with Gasteiger partial charge in [-0.3, -0.25) is 14.5 Å². The minimum Gasteiger partial charge on any atom is -0.489 e. The Balaban J connectivity index is 0.843. The van der Waals surface area contributed by atoms with Crippen LogP contribution < -0.4 is 25.7 Å². The lowest BCUT2D eigenvalue weighted by molar-refractivity contribution is -0.172. The number of anilines is 2. The summed E-state index contributed by atoms with van der Waals surface area (Å²) in [6, 6.07) is 8.97. The summed E-state index contributed by atoms with van der Waals surface area (Å²) in [5.41, 5.74) is 4.74. The number of likely N-dealkylation sites (tertiary alicyclic amines) is 2. The minimum absolute atomic E-state index is 0.0311. The molecule has 11 rings (SSSR count). The fraction of sp³-hybridized carbons (Fsp3) is 0.426. The molecule has 0 spiro atoms. The molecule has 0 radical (unpaired) electrons. The van der Waals surface area contributed by atoms with Crippen LogP contribution in [0.25, 0.3) is 44.5 Å². The van der Waals surface area contributed by atoms with Gasteiger partial charge in [0.2, 0.25) is 0 Å². The molecule has 0 unspecified atom stereocenters. The van der Waals surface area contributed by atoms with Gasteiger partial charge in [0, 0.05) is 65.7 Å². The summed E-state index contributed by atoms with van der Waals surface area (Å²) in [5.74, 6) is -1.86. The van der Waals surface area contributed by atoms with Crippen molar-refractivity contribution < 1.29 is 46.5 Å². The summed E-state index contributed by atoms with van der Waals surface area (Å²) in [6.45, 7) is 12.7. The third-order valence-corrected chi connectivity index (χ3v) is 16.0. The number of hydrogen-bond acceptors (Lipinski definition) is 15. The zero-order valence-corrected chi connectivity index (χ0v) is 43.1. The number of nitrogens with two attached hydrogens (primary N) is 1. The van der Waals surface area contributed by atoms with Crippen molar-refractivity contribution in [2.45, 2.75) is 90.0 Å². The number of alkyl halides is 3. The van der Waals surface area contributed by atoms with Gasteiger partial charge in [-0.15, -0.1) is 0 Å². The summed E-state index contributed by atoms with van der Waals surface area (Å²) in [6.07, 6.45) is -2.02. The lowest BCUT2D eigenvalue weighted by Gasteiger charge is -2.41. The van der Waals surface area contributed by atoms with E-state index in [0.717, 1.165) is 61.5 Å². The number of aliphatic hydroxyl groups is 1. The lowest BCUT2D eigenvalue weighted by atomic mass is 9.86. The number of ether oxygens (including phenoxy) is 3. The van der Waals surface area contributed by atoms with Gasteiger partial charge in [0.25, 0.3) is 11.5 Å². The highest BCUT2D eigenvalue weighted by molar-refractivity contribution is 6.34. The number of aryl methyl sites for hydroxylation is 1. The second kappa shape index (κ2) is 19.3. The monoisotopic (exact) mass is 1070 g/mol. The van der Waals surface area contributed by atoms with Crippen molar-refractivity contribution in [2.75, 3.05) is 70.2 Å². The number of nitrogen functional groups attached to an aromatic ring is 1. The number of hydrogen-bond donors (Lipinski definition) is 2. The average Bonchev–Trinajstić information content (AvgIpc) is 4.00. The number of carbonyl (C=O) groups is 2. The Hall–Kier alpha value is -6.94. The fourth-order valence-electron chi connectivity index (χ4n) is 11.3. The summed E-state index contributed by atoms with van der Waals surface area (Å²) in [5, 5.41) is 12.0. The SMILES string of the molecule is C=C(COc1ccc2nc3c(c(CN4CCC4)c2c1)Cn1c-3cc2c(c1=O)COC(=O)[C@]2(O)CC)C(=O)N1CCN(c2nc(OC[C@@H]3CCCN3C)nc3c(F)c(-c4nc(N)cc(C)c4C(F)(F)F)c(Cl)cc23)[C@@H](C)C1. The molecule has 398 valence electrons. The number of amides is 1. The predicted molar refractivity (Wildman–Crippen MR) is 275 cm³/mol. The van der Waals surface area contributed by atoms with Crippen LogP contribution in [0.1, 0.15) is 72.9 Å². The Bertz CT molecular complexity index is 3500. The molecule has 1 amide bonds. The highest BCUT2D eigenvalue weighted by Crippen LogP contribution is 2.46. The molecule has 0 saturated carbocycles. The number of piperazine rings is 1. The number of fused-ring (bicyclic) bond motifs is 6. The van der Waals surface area contributed by atoms with Crippen molar-refractivity contribution in [3.8, 4) is 34.4 Å². The second-order valence-electron chi connectivity index (χ2n) is 20.5. The fourth-order valence-corrected chi connectivity index (χ4v) is 11.6. The maximum Gasteiger partial charge on any atom is 0.418 e. The molecule has 3 atom stereocenters. The van der Waals surface area contributed by atoms with Crippen LogP contribution in [0.15, 0.2) is 53.3 Å². The molecule has 2 aromatic carbocycles. The van der Waals surface area contributed by atoms with E-state index in [0.29, 0.717) is 29.2 Å². The molecule has 4 aromatic heterocycles. The van der Waals surface area contributed by atoms with Crippen molar-refractivity contribution in [3.63, 3.8) is 0 Å². The Kier molecular flexibility index (Phi) is 13.0. The third kappa shape index (κ3) is 8.73. The van der Waals surface area contributed by atoms with E-state index in [4.69, 9.17) is 41.5 Å². The number of cyclic esters (lactones) is 1. The average molecular weight is 1070 g/mol. The molecule has 9 heterocycles. The molecule has 3 saturated heterocycles. The third-order valence-electron chi connectivity index (χ3n) is 15.7. The number of likely N-dealkylation sites (N-methyl/N-ethyl adjacent to an activating group) is 1. The van der Waals surface area contributed by atoms with Crippen molar-refractivity contribution in [3.05, 3.63) is 103 Å². The number of carbonyl (C=O) groups excluding carboxylic acids is 2. The largest absolute Gasteiger partial charge is 0.489 e. The number of rotatable bonds is 12. The van der Waals surface area contributed by atoms with E-state index in [9.17, 15) is 32.7 Å². The maximum absolute atomic E-state index is 17.1. The van der Waals surface area contributed by atoms with E-state index in [2.05, 4.69) is 26.3 Å². The zero-order valence-electron chi connectivity index (χ0n) is 42.3. The molecule has 17 nitrogen and oxygen atoms in total. The molecule has 22 heteroatoms. The quantitative estimate of drug-likeness (QED) is 0.0712. The van der Waals surface area contributed by atoms with E-state index in [1.54, 1.807) is 28.5 Å². The van der Waals surface area contributed by atoms with Crippen molar-refractivity contribution in [1.82, 2.24) is 39.2 Å². The molecule has 76 heavy (non-hydrogen) atoms. The second-order valence-corrected chi connectivity index (χ2v) is 20.9. The van der Waals surface area contributed by atoms with Gasteiger partial charge in [0.1, 0.15) is 42.7 Å². The lowest BCUT2D eigenvalue weighted by Crippen LogP contribution is -2.54. The number of esters is 1. The van der Waals surface area contributed by atoms with Crippen LogP contribution in [0.2, 0.25) is 5.02 Å². The summed E-state index contributed by atoms with van der Waals surface area (Å²) < 4.78 is 80.0. The van der Waals surface area contributed by atoms with Crippen LogP contribution in [0, 0.1) is 12.7 Å². The predicted octanol–water partition coefficient (Wildman–Crippen LogP) is 7.14. The normalized spacial score (nSPS) is 20.6. The molecular weight excluding hydrogens is 1010 g/mol. The van der Waals surface area contributed by atoms with Crippen LogP contribution in [0.5, 0.6) is 11.8 Å². The standard InChI is InChI=1S/C54H55ClF4N10O7/c1-6-53(73)37-20-40-45-35(23-69(40)50(71)36(37)26-75-51(53)72)34(22-66-13-8-14-66)32-18-31(10-11-39(32)61-45)74-24-28(3)49(70)67-15-16-68(29(4)21-67)48-33-19-38(55)42(47-43(54(57,58)59)27(2)17-41(60)62-47)44(56)46(33)63-52(64-48)76-25-30-9-7-12-65(30)5/h10-11,17-20,29-30,73H,3,6-9,12-16,21-26H2,1-2,4-5H3,(H2,60,62)/t29-,30-,53-/m0/s1. The highest BCUT2D eigenvalue weighted by atomic mass is 35.5. The van der Waals surface area contributed by atoms with Gasteiger partial charge < -0.3 is 44.3 Å². The van der Waals surface area contributed by atoms with Gasteiger partial charge in [-0.2, -0.15) is 23.1 Å². The first-order valence-electron chi connectivity index (χ1n) is 25.3. The van der Waals surface area contributed by atoms with E-state index in [1.165, 1.54) is 13.0 Å². The van der Waals surface area contributed by atoms with E-state index in [-0.39, 0.29) is 126 Å². The van der Waals surface area contributed by atoms with Gasteiger partial charge in [-0.25, -0.2) is 19.2 Å². The van der Waals surface area contributed by atoms with Crippen LogP contribution in [-0.2, 0) is 45.8 Å². The molecule has 0 bridgehead atoms. The number of benzene rings is 2. The van der Waals surface area contributed by atoms with Gasteiger partial charge >= 0.3 is 18.2 Å². The van der Waals surface area contributed by atoms with Crippen LogP contribution >= 0.6 is 11.6 Å². The topological polar surface area (TPSA) is 195 Å². The number of nitrogens with zero attached hydrogens (tertiary/aromatic N) is 9. The van der Waals surface area contributed by atoms with Crippen molar-refractivity contribution in [1.29, 1.82) is 0 Å². The van der Waals surface area contributed by atoms with E-state index in [1.807, 2.05) is 31.0 Å². The van der Waals surface area contributed by atoms with E-state index < -0.39 is 46.4 Å². The van der Waals surface area contributed by atoms with E-state index >= 15 is 4.39 Å². The first-order valence-corrected chi connectivity index (χ1v) is 25.7. The molecule has 5 aliphatic heterocycles. The molecule has 5 aliphatic rings. The van der Waals surface area contributed by atoms with Crippen molar-refractivity contribution in [2.24, 2.45) is 0 Å². The zero-order chi connectivity index (χ0) is 53.7. The number of aromatic nitrogens is 5. The Morgan fingerprint density at radius 2 is 1.79 bits per heavy atom. The van der Waals surface area contributed by atoms with Crippen molar-refractivity contribution >= 4 is 56.9 Å². The van der Waals surface area contributed by atoms with Gasteiger partial charge in [-0.05, 0) is 114 Å². The number of halogens is 5. The Labute approximate surface area is 438 Å². The van der Waals surface area contributed by atoms with Gasteiger partial charge in [0.05, 0.1) is 50.9 Å². The van der Waals surface area contributed by atoms with Crippen LogP contribution in [0.3, 0.4) is 0 Å². The first kappa shape index (κ1) is 51.2. The molecular formula is C54H55ClF4N10O7. The van der Waals surface area contributed by atoms with Gasteiger partial charge in [0.15, 0.2) is 11.4 Å². The molecule has 6 aromatic rings. The summed E-state index contributed by atoms with van der Waals surface area (Å²) in [4.78, 5) is 67.0. The smallest absolute Gasteiger partial charge is 0.418 e. The number of pyridine rings is 3. The molecule has 3 fully saturated rings. The molecule has 0 aliphatic carbocycles. The molecule has 3 N–H and O–H groups in total.